The maximum Gasteiger partial charge on any atom is 0.314 e. The first kappa shape index (κ1) is 29.7. The zero-order valence-electron chi connectivity index (χ0n) is 24.7. The second kappa shape index (κ2) is 16.1. The molecule has 39 heavy (non-hydrogen) atoms. The predicted octanol–water partition coefficient (Wildman–Crippen LogP) is 9.75. The third kappa shape index (κ3) is 9.43. The number of benzene rings is 1. The van der Waals surface area contributed by atoms with Crippen molar-refractivity contribution in [2.45, 2.75) is 129 Å². The SMILES string of the molecule is CCCCCCCc1cnc(-c2ccc(OC(=O)[C@H]3CC[C@H]([C@H]4CC[C@H](CCCCC)CC4)CC3)cc2)nc1. The number of hydrogen-bond acceptors (Lipinski definition) is 4. The smallest absolute Gasteiger partial charge is 0.314 e. The number of aromatic nitrogens is 2. The summed E-state index contributed by atoms with van der Waals surface area (Å²) in [6, 6.07) is 7.67. The number of carbonyl (C=O) groups excluding carboxylic acids is 1. The van der Waals surface area contributed by atoms with Gasteiger partial charge in [-0.15, -0.1) is 0 Å². The maximum absolute atomic E-state index is 12.9. The van der Waals surface area contributed by atoms with Gasteiger partial charge in [-0.2, -0.15) is 0 Å². The Hall–Kier alpha value is -2.23. The molecule has 0 saturated heterocycles. The van der Waals surface area contributed by atoms with E-state index in [1.54, 1.807) is 0 Å². The minimum absolute atomic E-state index is 0.0455. The van der Waals surface area contributed by atoms with Crippen LogP contribution in [0, 0.1) is 23.7 Å². The molecule has 4 rings (SSSR count). The molecule has 0 unspecified atom stereocenters. The van der Waals surface area contributed by atoms with E-state index < -0.39 is 0 Å². The Bertz CT molecular complexity index is 955. The van der Waals surface area contributed by atoms with Crippen molar-refractivity contribution in [3.8, 4) is 17.1 Å². The largest absolute Gasteiger partial charge is 0.426 e. The fraction of sp³-hybridized carbons (Fsp3) is 0.686. The standard InChI is InChI=1S/C35H52N2O2/c1-3-5-7-8-10-12-28-25-36-34(37-26-28)31-21-23-33(24-22-31)39-35(38)32-19-17-30(18-20-32)29-15-13-27(14-16-29)11-9-6-4-2/h21-27,29-30,32H,3-20H2,1-2H3/t27-,29-,30-,32-. The Kier molecular flexibility index (Phi) is 12.3. The number of rotatable bonds is 14. The molecule has 0 N–H and O–H groups in total. The van der Waals surface area contributed by atoms with E-state index in [-0.39, 0.29) is 11.9 Å². The minimum Gasteiger partial charge on any atom is -0.426 e. The van der Waals surface area contributed by atoms with E-state index in [0.717, 1.165) is 48.4 Å². The Morgan fingerprint density at radius 1 is 0.744 bits per heavy atom. The summed E-state index contributed by atoms with van der Waals surface area (Å²) in [5.74, 6) is 4.01. The highest BCUT2D eigenvalue weighted by molar-refractivity contribution is 5.75. The Balaban J connectivity index is 1.17. The summed E-state index contributed by atoms with van der Waals surface area (Å²) >= 11 is 0. The molecule has 214 valence electrons. The van der Waals surface area contributed by atoms with Crippen LogP contribution in [0.3, 0.4) is 0 Å². The van der Waals surface area contributed by atoms with Crippen LogP contribution in [0.15, 0.2) is 36.7 Å². The van der Waals surface area contributed by atoms with Gasteiger partial charge in [0.1, 0.15) is 5.75 Å². The summed E-state index contributed by atoms with van der Waals surface area (Å²) < 4.78 is 5.80. The Labute approximate surface area is 237 Å². The van der Waals surface area contributed by atoms with Crippen LogP contribution >= 0.6 is 0 Å². The van der Waals surface area contributed by atoms with Gasteiger partial charge in [0.2, 0.25) is 0 Å². The molecule has 0 aliphatic heterocycles. The fourth-order valence-electron chi connectivity index (χ4n) is 6.89. The quantitative estimate of drug-likeness (QED) is 0.138. The van der Waals surface area contributed by atoms with E-state index in [0.29, 0.717) is 5.75 Å². The molecular weight excluding hydrogens is 480 g/mol. The average molecular weight is 533 g/mol. The first-order valence-electron chi connectivity index (χ1n) is 16.3. The molecule has 0 atom stereocenters. The first-order chi connectivity index (χ1) is 19.2. The predicted molar refractivity (Wildman–Crippen MR) is 161 cm³/mol. The summed E-state index contributed by atoms with van der Waals surface area (Å²) in [5, 5.41) is 0. The van der Waals surface area contributed by atoms with Gasteiger partial charge in [-0.1, -0.05) is 78.1 Å². The van der Waals surface area contributed by atoms with Crippen LogP contribution in [0.2, 0.25) is 0 Å². The van der Waals surface area contributed by atoms with Crippen molar-refractivity contribution in [1.29, 1.82) is 0 Å². The van der Waals surface area contributed by atoms with Gasteiger partial charge >= 0.3 is 5.97 Å². The molecule has 2 aliphatic rings. The van der Waals surface area contributed by atoms with Crippen LogP contribution in [-0.2, 0) is 11.2 Å². The van der Waals surface area contributed by atoms with Gasteiger partial charge in [-0.05, 0) is 98.9 Å². The van der Waals surface area contributed by atoms with Gasteiger partial charge in [-0.25, -0.2) is 9.97 Å². The third-order valence-electron chi connectivity index (χ3n) is 9.48. The molecule has 0 amide bonds. The van der Waals surface area contributed by atoms with Crippen LogP contribution in [0.5, 0.6) is 5.75 Å². The van der Waals surface area contributed by atoms with Crippen LogP contribution in [0.25, 0.3) is 11.4 Å². The van der Waals surface area contributed by atoms with E-state index in [9.17, 15) is 4.79 Å². The average Bonchev–Trinajstić information content (AvgIpc) is 2.98. The van der Waals surface area contributed by atoms with Crippen molar-refractivity contribution in [3.63, 3.8) is 0 Å². The molecule has 2 fully saturated rings. The highest BCUT2D eigenvalue weighted by atomic mass is 16.5. The van der Waals surface area contributed by atoms with Crippen molar-refractivity contribution >= 4 is 5.97 Å². The van der Waals surface area contributed by atoms with Crippen LogP contribution < -0.4 is 4.74 Å². The summed E-state index contributed by atoms with van der Waals surface area (Å²) in [6.07, 6.45) is 26.9. The van der Waals surface area contributed by atoms with Crippen molar-refractivity contribution in [2.24, 2.45) is 23.7 Å². The zero-order valence-corrected chi connectivity index (χ0v) is 24.7. The lowest BCUT2D eigenvalue weighted by Gasteiger charge is -2.37. The third-order valence-corrected chi connectivity index (χ3v) is 9.48. The molecule has 0 radical (unpaired) electrons. The summed E-state index contributed by atoms with van der Waals surface area (Å²) in [7, 11) is 0. The molecule has 1 aromatic carbocycles. The van der Waals surface area contributed by atoms with Gasteiger partial charge in [0, 0.05) is 18.0 Å². The maximum atomic E-state index is 12.9. The molecule has 0 bridgehead atoms. The second-order valence-corrected chi connectivity index (χ2v) is 12.4. The molecule has 4 heteroatoms. The van der Waals surface area contributed by atoms with E-state index in [1.165, 1.54) is 102 Å². The summed E-state index contributed by atoms with van der Waals surface area (Å²) in [4.78, 5) is 22.1. The van der Waals surface area contributed by atoms with Crippen molar-refractivity contribution in [3.05, 3.63) is 42.2 Å². The molecule has 1 aromatic heterocycles. The highest BCUT2D eigenvalue weighted by Crippen LogP contribution is 2.42. The summed E-state index contributed by atoms with van der Waals surface area (Å²) in [6.45, 7) is 4.54. The molecule has 2 aliphatic carbocycles. The lowest BCUT2D eigenvalue weighted by Crippen LogP contribution is -2.30. The number of nitrogens with zero attached hydrogens (tertiary/aromatic N) is 2. The van der Waals surface area contributed by atoms with Crippen LogP contribution in [-0.4, -0.2) is 15.9 Å². The van der Waals surface area contributed by atoms with Crippen LogP contribution in [0.4, 0.5) is 0 Å². The number of aryl methyl sites for hydroxylation is 1. The lowest BCUT2D eigenvalue weighted by molar-refractivity contribution is -0.140. The van der Waals surface area contributed by atoms with Crippen molar-refractivity contribution < 1.29 is 9.53 Å². The molecule has 0 spiro atoms. The number of hydrogen-bond donors (Lipinski definition) is 0. The Morgan fingerprint density at radius 3 is 1.97 bits per heavy atom. The lowest BCUT2D eigenvalue weighted by atomic mass is 9.68. The summed E-state index contributed by atoms with van der Waals surface area (Å²) in [5.41, 5.74) is 2.15. The molecule has 2 saturated carbocycles. The number of unbranched alkanes of at least 4 members (excludes halogenated alkanes) is 6. The fourth-order valence-corrected chi connectivity index (χ4v) is 6.89. The van der Waals surface area contributed by atoms with Crippen molar-refractivity contribution in [2.75, 3.05) is 0 Å². The van der Waals surface area contributed by atoms with Gasteiger partial charge in [0.05, 0.1) is 5.92 Å². The van der Waals surface area contributed by atoms with E-state index in [1.807, 2.05) is 36.7 Å². The number of ether oxygens (including phenoxy) is 1. The van der Waals surface area contributed by atoms with E-state index in [4.69, 9.17) is 4.74 Å². The van der Waals surface area contributed by atoms with E-state index >= 15 is 0 Å². The first-order valence-corrected chi connectivity index (χ1v) is 16.3. The minimum atomic E-state index is -0.0552. The van der Waals surface area contributed by atoms with Crippen molar-refractivity contribution in [1.82, 2.24) is 9.97 Å². The highest BCUT2D eigenvalue weighted by Gasteiger charge is 2.33. The van der Waals surface area contributed by atoms with E-state index in [2.05, 4.69) is 23.8 Å². The van der Waals surface area contributed by atoms with Gasteiger partial charge in [0.25, 0.3) is 0 Å². The normalized spacial score (nSPS) is 23.4. The molecule has 1 heterocycles. The van der Waals surface area contributed by atoms with Gasteiger partial charge in [0.15, 0.2) is 5.82 Å². The topological polar surface area (TPSA) is 52.1 Å². The monoisotopic (exact) mass is 532 g/mol. The number of carbonyl (C=O) groups is 1. The van der Waals surface area contributed by atoms with Gasteiger partial charge in [-0.3, -0.25) is 4.79 Å². The molecule has 4 nitrogen and oxygen atoms in total. The number of esters is 1. The molecule has 2 aromatic rings. The van der Waals surface area contributed by atoms with Gasteiger partial charge < -0.3 is 4.74 Å². The zero-order chi connectivity index (χ0) is 27.3. The molecular formula is C35H52N2O2. The Morgan fingerprint density at radius 2 is 1.33 bits per heavy atom. The second-order valence-electron chi connectivity index (χ2n) is 12.4. The van der Waals surface area contributed by atoms with Crippen LogP contribution in [0.1, 0.15) is 129 Å².